The van der Waals surface area contributed by atoms with Crippen molar-refractivity contribution in [3.8, 4) is 5.75 Å². The number of carbonyl (C=O) groups excluding carboxylic acids is 1. The van der Waals surface area contributed by atoms with Gasteiger partial charge in [0.05, 0.1) is 34.3 Å². The maximum absolute atomic E-state index is 14.3. The first-order chi connectivity index (χ1) is 17.2. The van der Waals surface area contributed by atoms with E-state index in [1.54, 1.807) is 43.1 Å². The molecule has 2 aromatic heterocycles. The summed E-state index contributed by atoms with van der Waals surface area (Å²) in [6, 6.07) is 7.92. The molecule has 0 bridgehead atoms. The molecule has 3 aromatic rings. The molecule has 6 rings (SSSR count). The summed E-state index contributed by atoms with van der Waals surface area (Å²) >= 11 is 6.67. The predicted molar refractivity (Wildman–Crippen MR) is 134 cm³/mol. The minimum absolute atomic E-state index is 0.270. The Hall–Kier alpha value is -3.23. The lowest BCUT2D eigenvalue weighted by Crippen LogP contribution is -2.40. The molecule has 186 valence electrons. The Bertz CT molecular complexity index is 1390. The van der Waals surface area contributed by atoms with Crippen LogP contribution >= 0.6 is 11.6 Å². The standard InChI is InChI=1S/C27H26ClFN4O3/c1-27(2,35)23-11-19-16(24(32-23)14-5-6-14)13-33(26(34)31-19)20-12-22-15(10-17(20)28)7-8-21(36-22)25-18(29)4-3-9-30-25/h3-4,9-12,14,21,35H,5-8,13H2,1-2H3,(H,31,34). The first-order valence-corrected chi connectivity index (χ1v) is 12.5. The average molecular weight is 509 g/mol. The molecule has 2 N–H and O–H groups in total. The van der Waals surface area contributed by atoms with Crippen LogP contribution in [0.5, 0.6) is 5.75 Å². The number of hydrogen-bond donors (Lipinski definition) is 2. The second-order valence-electron chi connectivity index (χ2n) is 10.2. The van der Waals surface area contributed by atoms with Gasteiger partial charge in [-0.05, 0) is 69.4 Å². The Labute approximate surface area is 213 Å². The summed E-state index contributed by atoms with van der Waals surface area (Å²) in [7, 11) is 0. The third-order valence-electron chi connectivity index (χ3n) is 7.01. The maximum atomic E-state index is 14.3. The third-order valence-corrected chi connectivity index (χ3v) is 7.31. The van der Waals surface area contributed by atoms with Crippen LogP contribution < -0.4 is 15.0 Å². The lowest BCUT2D eigenvalue weighted by Gasteiger charge is -2.33. The first kappa shape index (κ1) is 23.2. The van der Waals surface area contributed by atoms with E-state index in [1.807, 2.05) is 6.07 Å². The maximum Gasteiger partial charge on any atom is 0.326 e. The van der Waals surface area contributed by atoms with Crippen molar-refractivity contribution >= 4 is 29.0 Å². The largest absolute Gasteiger partial charge is 0.484 e. The average Bonchev–Trinajstić information content (AvgIpc) is 3.67. The van der Waals surface area contributed by atoms with Crippen molar-refractivity contribution in [2.24, 2.45) is 0 Å². The Morgan fingerprint density at radius 1 is 1.22 bits per heavy atom. The normalized spacial score (nSPS) is 19.3. The molecule has 2 amide bonds. The van der Waals surface area contributed by atoms with Crippen molar-refractivity contribution in [1.29, 1.82) is 0 Å². The highest BCUT2D eigenvalue weighted by Crippen LogP contribution is 2.46. The van der Waals surface area contributed by atoms with Crippen LogP contribution in [0.4, 0.5) is 20.6 Å². The van der Waals surface area contributed by atoms with E-state index in [0.29, 0.717) is 53.1 Å². The molecule has 0 radical (unpaired) electrons. The fourth-order valence-electron chi connectivity index (χ4n) is 4.91. The molecule has 1 unspecified atom stereocenters. The summed E-state index contributed by atoms with van der Waals surface area (Å²) in [5, 5.41) is 13.9. The molecule has 9 heteroatoms. The molecular formula is C27H26ClFN4O3. The molecule has 7 nitrogen and oxygen atoms in total. The van der Waals surface area contributed by atoms with Crippen LogP contribution in [0.1, 0.15) is 73.3 Å². The van der Waals surface area contributed by atoms with Gasteiger partial charge in [-0.2, -0.15) is 0 Å². The number of benzene rings is 1. The lowest BCUT2D eigenvalue weighted by molar-refractivity contribution is 0.0736. The van der Waals surface area contributed by atoms with Crippen molar-refractivity contribution in [2.45, 2.75) is 63.7 Å². The van der Waals surface area contributed by atoms with Gasteiger partial charge in [-0.25, -0.2) is 9.18 Å². The highest BCUT2D eigenvalue weighted by Gasteiger charge is 2.36. The van der Waals surface area contributed by atoms with Crippen LogP contribution in [0.15, 0.2) is 36.5 Å². The number of anilines is 2. The van der Waals surface area contributed by atoms with Gasteiger partial charge < -0.3 is 15.2 Å². The number of nitrogens with zero attached hydrogens (tertiary/aromatic N) is 3. The number of fused-ring (bicyclic) bond motifs is 2. The van der Waals surface area contributed by atoms with Gasteiger partial charge in [-0.1, -0.05) is 11.6 Å². The number of pyridine rings is 2. The van der Waals surface area contributed by atoms with Crippen molar-refractivity contribution < 1.29 is 19.0 Å². The topological polar surface area (TPSA) is 87.6 Å². The fraction of sp³-hybridized carbons (Fsp3) is 0.370. The Morgan fingerprint density at radius 2 is 2.03 bits per heavy atom. The van der Waals surface area contributed by atoms with Crippen LogP contribution in [-0.2, 0) is 18.6 Å². The molecular weight excluding hydrogens is 483 g/mol. The number of ether oxygens (including phenoxy) is 1. The Kier molecular flexibility index (Phi) is 5.42. The molecule has 1 aromatic carbocycles. The second kappa shape index (κ2) is 8.42. The zero-order valence-corrected chi connectivity index (χ0v) is 20.8. The number of amides is 2. The van der Waals surface area contributed by atoms with E-state index in [4.69, 9.17) is 21.3 Å². The van der Waals surface area contributed by atoms with Crippen molar-refractivity contribution in [2.75, 3.05) is 10.2 Å². The molecule has 1 aliphatic carbocycles. The molecule has 0 saturated heterocycles. The predicted octanol–water partition coefficient (Wildman–Crippen LogP) is 5.99. The molecule has 3 aliphatic rings. The summed E-state index contributed by atoms with van der Waals surface area (Å²) in [6.07, 6.45) is 4.32. The number of urea groups is 1. The van der Waals surface area contributed by atoms with E-state index < -0.39 is 17.5 Å². The SMILES string of the molecule is CC(C)(O)c1cc2c(c(C3CC3)n1)CN(c1cc3c(cc1Cl)CCC(c1ncccc1F)O3)C(=O)N2. The quantitative estimate of drug-likeness (QED) is 0.452. The third kappa shape index (κ3) is 4.08. The van der Waals surface area contributed by atoms with Gasteiger partial charge in [0, 0.05) is 23.7 Å². The van der Waals surface area contributed by atoms with E-state index in [1.165, 1.54) is 6.07 Å². The molecule has 1 saturated carbocycles. The Balaban J connectivity index is 1.36. The second-order valence-corrected chi connectivity index (χ2v) is 10.6. The van der Waals surface area contributed by atoms with Gasteiger partial charge in [0.2, 0.25) is 0 Å². The Morgan fingerprint density at radius 3 is 2.75 bits per heavy atom. The highest BCUT2D eigenvalue weighted by molar-refractivity contribution is 6.34. The number of aromatic nitrogens is 2. The van der Waals surface area contributed by atoms with Crippen LogP contribution in [0, 0.1) is 5.82 Å². The molecule has 2 aliphatic heterocycles. The lowest BCUT2D eigenvalue weighted by atomic mass is 9.97. The monoisotopic (exact) mass is 508 g/mol. The van der Waals surface area contributed by atoms with Gasteiger partial charge in [-0.3, -0.25) is 14.9 Å². The number of nitrogens with one attached hydrogen (secondary N) is 1. The van der Waals surface area contributed by atoms with E-state index in [2.05, 4.69) is 10.3 Å². The van der Waals surface area contributed by atoms with Crippen LogP contribution in [0.25, 0.3) is 0 Å². The fourth-order valence-corrected chi connectivity index (χ4v) is 5.19. The van der Waals surface area contributed by atoms with Gasteiger partial charge in [-0.15, -0.1) is 0 Å². The van der Waals surface area contributed by atoms with Gasteiger partial charge in [0.1, 0.15) is 29.0 Å². The van der Waals surface area contributed by atoms with Crippen molar-refractivity contribution in [3.63, 3.8) is 0 Å². The van der Waals surface area contributed by atoms with E-state index in [0.717, 1.165) is 29.7 Å². The first-order valence-electron chi connectivity index (χ1n) is 12.1. The molecule has 4 heterocycles. The summed E-state index contributed by atoms with van der Waals surface area (Å²) in [6.45, 7) is 3.67. The molecule has 36 heavy (non-hydrogen) atoms. The number of hydrogen-bond acceptors (Lipinski definition) is 5. The molecule has 0 spiro atoms. The van der Waals surface area contributed by atoms with Gasteiger partial charge >= 0.3 is 6.03 Å². The van der Waals surface area contributed by atoms with E-state index in [-0.39, 0.29) is 11.7 Å². The number of rotatable bonds is 4. The van der Waals surface area contributed by atoms with Crippen molar-refractivity contribution in [1.82, 2.24) is 9.97 Å². The van der Waals surface area contributed by atoms with Crippen LogP contribution in [0.3, 0.4) is 0 Å². The van der Waals surface area contributed by atoms with Crippen LogP contribution in [-0.4, -0.2) is 21.1 Å². The minimum Gasteiger partial charge on any atom is -0.484 e. The number of aliphatic hydroxyl groups is 1. The zero-order valence-electron chi connectivity index (χ0n) is 20.0. The zero-order chi connectivity index (χ0) is 25.2. The van der Waals surface area contributed by atoms with Crippen molar-refractivity contribution in [3.05, 3.63) is 75.6 Å². The number of halogens is 2. The van der Waals surface area contributed by atoms with Gasteiger partial charge in [0.25, 0.3) is 0 Å². The summed E-state index contributed by atoms with van der Waals surface area (Å²) < 4.78 is 20.5. The van der Waals surface area contributed by atoms with E-state index in [9.17, 15) is 14.3 Å². The number of carbonyl (C=O) groups is 1. The number of aryl methyl sites for hydroxylation is 1. The van der Waals surface area contributed by atoms with Gasteiger partial charge in [0.15, 0.2) is 0 Å². The van der Waals surface area contributed by atoms with E-state index >= 15 is 0 Å². The smallest absolute Gasteiger partial charge is 0.326 e. The molecule has 1 atom stereocenters. The minimum atomic E-state index is -1.12. The molecule has 1 fully saturated rings. The summed E-state index contributed by atoms with van der Waals surface area (Å²) in [5.41, 5.74) is 3.60. The summed E-state index contributed by atoms with van der Waals surface area (Å²) in [5.74, 6) is 0.471. The van der Waals surface area contributed by atoms with Crippen LogP contribution in [0.2, 0.25) is 5.02 Å². The highest BCUT2D eigenvalue weighted by atomic mass is 35.5. The summed E-state index contributed by atoms with van der Waals surface area (Å²) in [4.78, 5) is 23.8.